The first-order valence-electron chi connectivity index (χ1n) is 8.83. The molecule has 0 saturated carbocycles. The van der Waals surface area contributed by atoms with E-state index in [-0.39, 0.29) is 51.4 Å². The summed E-state index contributed by atoms with van der Waals surface area (Å²) in [5.74, 6) is -1.48. The number of piperidine rings is 1. The molecule has 9 heteroatoms. The minimum Gasteiger partial charge on any atom is -0.383 e. The number of nitrogens with zero attached hydrogens (tertiary/aromatic N) is 2. The van der Waals surface area contributed by atoms with Crippen LogP contribution in [0.1, 0.15) is 18.4 Å². The summed E-state index contributed by atoms with van der Waals surface area (Å²) >= 11 is 0. The SMILES string of the molecule is COCCN1C(=O)CS(=O)(=O)C12CCN(C(=O)Cc1cccc(F)c1)CC2. The molecule has 2 fully saturated rings. The van der Waals surface area contributed by atoms with Gasteiger partial charge in [-0.25, -0.2) is 12.8 Å². The molecule has 2 amide bonds. The highest BCUT2D eigenvalue weighted by Crippen LogP contribution is 2.39. The van der Waals surface area contributed by atoms with Gasteiger partial charge in [0.05, 0.1) is 13.0 Å². The van der Waals surface area contributed by atoms with E-state index in [1.54, 1.807) is 17.0 Å². The van der Waals surface area contributed by atoms with E-state index in [2.05, 4.69) is 0 Å². The van der Waals surface area contributed by atoms with Gasteiger partial charge in [-0.15, -0.1) is 0 Å². The number of amides is 2. The molecule has 3 rings (SSSR count). The quantitative estimate of drug-likeness (QED) is 0.725. The summed E-state index contributed by atoms with van der Waals surface area (Å²) in [6.45, 7) is 0.950. The monoisotopic (exact) mass is 398 g/mol. The van der Waals surface area contributed by atoms with Crippen molar-refractivity contribution in [2.45, 2.75) is 24.1 Å². The number of likely N-dealkylation sites (tertiary alicyclic amines) is 1. The predicted octanol–water partition coefficient (Wildman–Crippen LogP) is 0.590. The van der Waals surface area contributed by atoms with E-state index < -0.39 is 32.2 Å². The number of benzene rings is 1. The predicted molar refractivity (Wildman–Crippen MR) is 96.0 cm³/mol. The highest BCUT2D eigenvalue weighted by atomic mass is 32.2. The van der Waals surface area contributed by atoms with Crippen molar-refractivity contribution in [3.63, 3.8) is 0 Å². The van der Waals surface area contributed by atoms with Crippen molar-refractivity contribution < 1.29 is 27.1 Å². The van der Waals surface area contributed by atoms with E-state index in [9.17, 15) is 22.4 Å². The fourth-order valence-corrected chi connectivity index (χ4v) is 5.98. The molecule has 27 heavy (non-hydrogen) atoms. The number of carbonyl (C=O) groups is 2. The third-order valence-electron chi connectivity index (χ3n) is 5.35. The van der Waals surface area contributed by atoms with Crippen molar-refractivity contribution in [3.05, 3.63) is 35.6 Å². The summed E-state index contributed by atoms with van der Waals surface area (Å²) in [5.41, 5.74) is 0.575. The maximum absolute atomic E-state index is 13.3. The van der Waals surface area contributed by atoms with E-state index >= 15 is 0 Å². The van der Waals surface area contributed by atoms with Gasteiger partial charge in [0.15, 0.2) is 9.84 Å². The normalized spacial score (nSPS) is 21.0. The second kappa shape index (κ2) is 7.55. The largest absolute Gasteiger partial charge is 0.383 e. The van der Waals surface area contributed by atoms with Crippen molar-refractivity contribution in [2.75, 3.05) is 39.1 Å². The molecule has 0 N–H and O–H groups in total. The van der Waals surface area contributed by atoms with E-state index in [0.717, 1.165) is 0 Å². The van der Waals surface area contributed by atoms with Gasteiger partial charge >= 0.3 is 0 Å². The van der Waals surface area contributed by atoms with Gasteiger partial charge in [-0.05, 0) is 17.7 Å². The summed E-state index contributed by atoms with van der Waals surface area (Å²) in [7, 11) is -2.12. The highest BCUT2D eigenvalue weighted by Gasteiger charge is 2.58. The number of carbonyl (C=O) groups excluding carboxylic acids is 2. The van der Waals surface area contributed by atoms with Crippen LogP contribution in [0.5, 0.6) is 0 Å². The van der Waals surface area contributed by atoms with Crippen LogP contribution in [0.4, 0.5) is 4.39 Å². The Kier molecular flexibility index (Phi) is 5.53. The third kappa shape index (κ3) is 3.70. The van der Waals surface area contributed by atoms with Gasteiger partial charge in [-0.2, -0.15) is 0 Å². The third-order valence-corrected chi connectivity index (χ3v) is 7.76. The van der Waals surface area contributed by atoms with Crippen molar-refractivity contribution in [1.29, 1.82) is 0 Å². The Labute approximate surface area is 158 Å². The van der Waals surface area contributed by atoms with Gasteiger partial charge in [-0.3, -0.25) is 9.59 Å². The molecule has 0 aliphatic carbocycles. The van der Waals surface area contributed by atoms with E-state index in [0.29, 0.717) is 5.56 Å². The standard InChI is InChI=1S/C18H23FN2O5S/c1-26-10-9-21-17(23)13-27(24,25)18(21)5-7-20(8-6-18)16(22)12-14-3-2-4-15(19)11-14/h2-4,11H,5-10,12-13H2,1H3. The van der Waals surface area contributed by atoms with Crippen molar-refractivity contribution in [2.24, 2.45) is 0 Å². The van der Waals surface area contributed by atoms with Crippen LogP contribution < -0.4 is 0 Å². The molecule has 0 radical (unpaired) electrons. The molecule has 0 bridgehead atoms. The molecule has 2 aliphatic heterocycles. The number of rotatable bonds is 5. The summed E-state index contributed by atoms with van der Waals surface area (Å²) in [6.07, 6.45) is 0.420. The van der Waals surface area contributed by atoms with Gasteiger partial charge < -0.3 is 14.5 Å². The lowest BCUT2D eigenvalue weighted by Gasteiger charge is -2.43. The lowest BCUT2D eigenvalue weighted by molar-refractivity contribution is -0.135. The molecule has 1 aromatic carbocycles. The minimum absolute atomic E-state index is 0.0594. The van der Waals surface area contributed by atoms with Gasteiger partial charge in [0.2, 0.25) is 11.8 Å². The van der Waals surface area contributed by atoms with Crippen LogP contribution in [0.2, 0.25) is 0 Å². The second-order valence-corrected chi connectivity index (χ2v) is 9.21. The Bertz CT molecular complexity index is 834. The number of halogens is 1. The summed E-state index contributed by atoms with van der Waals surface area (Å²) in [4.78, 5) is 26.5. The first-order valence-corrected chi connectivity index (χ1v) is 10.5. The van der Waals surface area contributed by atoms with Crippen LogP contribution in [-0.2, 0) is 30.6 Å². The summed E-state index contributed by atoms with van der Waals surface area (Å²) in [6, 6.07) is 5.86. The smallest absolute Gasteiger partial charge is 0.239 e. The number of sulfone groups is 1. The Morgan fingerprint density at radius 1 is 1.30 bits per heavy atom. The zero-order chi connectivity index (χ0) is 19.7. The van der Waals surface area contributed by atoms with Crippen LogP contribution in [0.3, 0.4) is 0 Å². The molecule has 2 heterocycles. The van der Waals surface area contributed by atoms with Crippen molar-refractivity contribution in [3.8, 4) is 0 Å². The maximum Gasteiger partial charge on any atom is 0.239 e. The molecular weight excluding hydrogens is 375 g/mol. The minimum atomic E-state index is -3.62. The number of hydrogen-bond acceptors (Lipinski definition) is 5. The molecule has 148 valence electrons. The summed E-state index contributed by atoms with van der Waals surface area (Å²) in [5, 5.41) is 0. The molecule has 1 aromatic rings. The van der Waals surface area contributed by atoms with Crippen LogP contribution in [0, 0.1) is 5.82 Å². The van der Waals surface area contributed by atoms with Crippen LogP contribution in [0.25, 0.3) is 0 Å². The number of hydrogen-bond donors (Lipinski definition) is 0. The summed E-state index contributed by atoms with van der Waals surface area (Å²) < 4.78 is 43.7. The Morgan fingerprint density at radius 2 is 2.00 bits per heavy atom. The average molecular weight is 398 g/mol. The molecular formula is C18H23FN2O5S. The Morgan fingerprint density at radius 3 is 2.63 bits per heavy atom. The Balaban J connectivity index is 1.70. The van der Waals surface area contributed by atoms with Crippen LogP contribution >= 0.6 is 0 Å². The first kappa shape index (κ1) is 19.8. The fourth-order valence-electron chi connectivity index (χ4n) is 3.90. The molecule has 2 saturated heterocycles. The number of methoxy groups -OCH3 is 1. The molecule has 0 aromatic heterocycles. The molecule has 1 spiro atoms. The molecule has 2 aliphatic rings. The van der Waals surface area contributed by atoms with E-state index in [1.807, 2.05) is 0 Å². The fraction of sp³-hybridized carbons (Fsp3) is 0.556. The lowest BCUT2D eigenvalue weighted by atomic mass is 10.0. The van der Waals surface area contributed by atoms with Crippen molar-refractivity contribution in [1.82, 2.24) is 9.80 Å². The van der Waals surface area contributed by atoms with Crippen LogP contribution in [-0.4, -0.2) is 74.0 Å². The molecule has 0 unspecified atom stereocenters. The molecule has 0 atom stereocenters. The Hall–Kier alpha value is -2.00. The average Bonchev–Trinajstić information content (AvgIpc) is 2.79. The van der Waals surface area contributed by atoms with Gasteiger partial charge in [0, 0.05) is 39.6 Å². The zero-order valence-electron chi connectivity index (χ0n) is 15.2. The van der Waals surface area contributed by atoms with Crippen molar-refractivity contribution >= 4 is 21.7 Å². The van der Waals surface area contributed by atoms with Gasteiger partial charge in [0.1, 0.15) is 16.4 Å². The van der Waals surface area contributed by atoms with E-state index in [4.69, 9.17) is 4.74 Å². The molecule has 7 nitrogen and oxygen atoms in total. The first-order chi connectivity index (χ1) is 12.8. The lowest BCUT2D eigenvalue weighted by Crippen LogP contribution is -2.57. The van der Waals surface area contributed by atoms with Gasteiger partial charge in [-0.1, -0.05) is 12.1 Å². The topological polar surface area (TPSA) is 84.0 Å². The highest BCUT2D eigenvalue weighted by molar-refractivity contribution is 7.93. The maximum atomic E-state index is 13.3. The van der Waals surface area contributed by atoms with Gasteiger partial charge in [0.25, 0.3) is 0 Å². The second-order valence-electron chi connectivity index (χ2n) is 6.93. The van der Waals surface area contributed by atoms with E-state index in [1.165, 1.54) is 24.1 Å². The number of ether oxygens (including phenoxy) is 1. The zero-order valence-corrected chi connectivity index (χ0v) is 16.0. The van der Waals surface area contributed by atoms with Crippen LogP contribution in [0.15, 0.2) is 24.3 Å².